The number of nitrogen functional groups attached to an aromatic ring is 1. The molecule has 0 fully saturated rings. The number of anilines is 1. The number of hydrogen-bond donors (Lipinski definition) is 1. The third kappa shape index (κ3) is 2.62. The maximum atomic E-state index is 5.83. The van der Waals surface area contributed by atoms with Gasteiger partial charge in [0.25, 0.3) is 0 Å². The molecule has 3 nitrogen and oxygen atoms in total. The molecular weight excluding hydrogens is 250 g/mol. The van der Waals surface area contributed by atoms with Crippen molar-refractivity contribution >= 4 is 40.4 Å². The van der Waals surface area contributed by atoms with Crippen molar-refractivity contribution in [1.29, 1.82) is 0 Å². The summed E-state index contributed by atoms with van der Waals surface area (Å²) in [5, 5.41) is 9.55. The number of benzene rings is 1. The van der Waals surface area contributed by atoms with E-state index in [4.69, 9.17) is 17.3 Å². The molecule has 6 heteroatoms. The van der Waals surface area contributed by atoms with Crippen LogP contribution in [0.2, 0.25) is 5.02 Å². The van der Waals surface area contributed by atoms with Crippen LogP contribution >= 0.6 is 34.7 Å². The van der Waals surface area contributed by atoms with Crippen LogP contribution in [0.25, 0.3) is 0 Å². The van der Waals surface area contributed by atoms with E-state index in [0.29, 0.717) is 10.7 Å². The van der Waals surface area contributed by atoms with Crippen molar-refractivity contribution in [3.8, 4) is 0 Å². The van der Waals surface area contributed by atoms with E-state index in [0.717, 1.165) is 14.2 Å². The Morgan fingerprint density at radius 1 is 1.40 bits per heavy atom. The van der Waals surface area contributed by atoms with Gasteiger partial charge in [0.1, 0.15) is 5.01 Å². The maximum Gasteiger partial charge on any atom is 0.179 e. The fourth-order valence-electron chi connectivity index (χ4n) is 1.03. The van der Waals surface area contributed by atoms with Crippen molar-refractivity contribution in [2.75, 3.05) is 5.73 Å². The van der Waals surface area contributed by atoms with E-state index < -0.39 is 0 Å². The quantitative estimate of drug-likeness (QED) is 0.840. The summed E-state index contributed by atoms with van der Waals surface area (Å²) in [5.41, 5.74) is 6.49. The Hall–Kier alpha value is -0.780. The molecule has 2 N–H and O–H groups in total. The molecule has 1 aromatic heterocycles. The molecule has 1 heterocycles. The van der Waals surface area contributed by atoms with E-state index in [9.17, 15) is 0 Å². The Balaban J connectivity index is 2.24. The standard InChI is InChI=1S/C9H8ClN3S2/c1-5-12-13-9(14-5)15-8-3-2-6(10)4-7(8)11/h2-4H,11H2,1H3. The van der Waals surface area contributed by atoms with Crippen molar-refractivity contribution < 1.29 is 0 Å². The molecular formula is C9H8ClN3S2. The van der Waals surface area contributed by atoms with Gasteiger partial charge in [0.15, 0.2) is 4.34 Å². The molecule has 78 valence electrons. The molecule has 0 amide bonds. The number of nitrogens with zero attached hydrogens (tertiary/aromatic N) is 2. The Morgan fingerprint density at radius 2 is 2.20 bits per heavy atom. The van der Waals surface area contributed by atoms with Crippen LogP contribution in [-0.2, 0) is 0 Å². The molecule has 15 heavy (non-hydrogen) atoms. The predicted octanol–water partition coefficient (Wildman–Crippen LogP) is 3.23. The third-order valence-electron chi connectivity index (χ3n) is 1.68. The lowest BCUT2D eigenvalue weighted by molar-refractivity contribution is 0.984. The Morgan fingerprint density at radius 3 is 2.80 bits per heavy atom. The van der Waals surface area contributed by atoms with Crippen LogP contribution in [0.5, 0.6) is 0 Å². The molecule has 1 aromatic carbocycles. The number of nitrogens with two attached hydrogens (primary N) is 1. The van der Waals surface area contributed by atoms with Gasteiger partial charge in [0.2, 0.25) is 0 Å². The first kappa shape index (κ1) is 10.7. The Kier molecular flexibility index (Phi) is 3.14. The van der Waals surface area contributed by atoms with Crippen molar-refractivity contribution in [3.63, 3.8) is 0 Å². The summed E-state index contributed by atoms with van der Waals surface area (Å²) in [7, 11) is 0. The van der Waals surface area contributed by atoms with Gasteiger partial charge in [-0.3, -0.25) is 0 Å². The van der Waals surface area contributed by atoms with Crippen LogP contribution in [0, 0.1) is 6.92 Å². The van der Waals surface area contributed by atoms with E-state index in [2.05, 4.69) is 10.2 Å². The molecule has 2 rings (SSSR count). The minimum absolute atomic E-state index is 0.644. The summed E-state index contributed by atoms with van der Waals surface area (Å²) in [5.74, 6) is 0. The normalized spacial score (nSPS) is 10.5. The van der Waals surface area contributed by atoms with Gasteiger partial charge in [-0.2, -0.15) is 0 Å². The summed E-state index contributed by atoms with van der Waals surface area (Å²) in [6.45, 7) is 1.92. The molecule has 2 aromatic rings. The molecule has 0 saturated heterocycles. The number of rotatable bonds is 2. The number of aromatic nitrogens is 2. The Bertz CT molecular complexity index is 484. The SMILES string of the molecule is Cc1nnc(Sc2ccc(Cl)cc2N)s1. The highest BCUT2D eigenvalue weighted by Gasteiger charge is 2.06. The lowest BCUT2D eigenvalue weighted by Crippen LogP contribution is -1.87. The molecule has 0 spiro atoms. The molecule has 0 atom stereocenters. The largest absolute Gasteiger partial charge is 0.398 e. The van der Waals surface area contributed by atoms with Crippen LogP contribution < -0.4 is 5.73 Å². The third-order valence-corrected chi connectivity index (χ3v) is 3.89. The lowest BCUT2D eigenvalue weighted by Gasteiger charge is -2.02. The first-order valence-electron chi connectivity index (χ1n) is 4.18. The number of hydrogen-bond acceptors (Lipinski definition) is 5. The van der Waals surface area contributed by atoms with E-state index in [1.165, 1.54) is 11.8 Å². The fraction of sp³-hybridized carbons (Fsp3) is 0.111. The minimum Gasteiger partial charge on any atom is -0.398 e. The monoisotopic (exact) mass is 257 g/mol. The zero-order valence-electron chi connectivity index (χ0n) is 7.90. The van der Waals surface area contributed by atoms with Crippen molar-refractivity contribution in [2.45, 2.75) is 16.2 Å². The van der Waals surface area contributed by atoms with Crippen LogP contribution in [0.15, 0.2) is 27.4 Å². The fourth-order valence-corrected chi connectivity index (χ4v) is 3.00. The van der Waals surface area contributed by atoms with Crippen molar-refractivity contribution in [1.82, 2.24) is 10.2 Å². The van der Waals surface area contributed by atoms with Gasteiger partial charge in [-0.05, 0) is 25.1 Å². The van der Waals surface area contributed by atoms with Gasteiger partial charge in [-0.1, -0.05) is 34.7 Å². The summed E-state index contributed by atoms with van der Waals surface area (Å²) < 4.78 is 0.890. The van der Waals surface area contributed by atoms with E-state index in [1.807, 2.05) is 19.1 Å². The molecule has 0 aliphatic heterocycles. The number of halogens is 1. The molecule has 0 aliphatic rings. The highest BCUT2D eigenvalue weighted by atomic mass is 35.5. The van der Waals surface area contributed by atoms with Crippen molar-refractivity contribution in [3.05, 3.63) is 28.2 Å². The summed E-state index contributed by atoms with van der Waals surface area (Å²) >= 11 is 8.86. The van der Waals surface area contributed by atoms with Gasteiger partial charge < -0.3 is 5.73 Å². The predicted molar refractivity (Wildman–Crippen MR) is 64.6 cm³/mol. The average Bonchev–Trinajstić information content (AvgIpc) is 2.56. The highest BCUT2D eigenvalue weighted by molar-refractivity contribution is 8.01. The Labute approximate surface area is 101 Å². The first-order chi connectivity index (χ1) is 7.15. The minimum atomic E-state index is 0.644. The smallest absolute Gasteiger partial charge is 0.179 e. The van der Waals surface area contributed by atoms with Crippen LogP contribution in [0.4, 0.5) is 5.69 Å². The van der Waals surface area contributed by atoms with Gasteiger partial charge in [-0.25, -0.2) is 0 Å². The van der Waals surface area contributed by atoms with Gasteiger partial charge in [0.05, 0.1) is 0 Å². The second-order valence-electron chi connectivity index (χ2n) is 2.87. The highest BCUT2D eigenvalue weighted by Crippen LogP contribution is 2.34. The van der Waals surface area contributed by atoms with Crippen LogP contribution in [0.3, 0.4) is 0 Å². The molecule has 0 radical (unpaired) electrons. The second kappa shape index (κ2) is 4.38. The van der Waals surface area contributed by atoms with Gasteiger partial charge in [-0.15, -0.1) is 10.2 Å². The van der Waals surface area contributed by atoms with Gasteiger partial charge >= 0.3 is 0 Å². The lowest BCUT2D eigenvalue weighted by atomic mass is 10.3. The molecule has 0 saturated carbocycles. The van der Waals surface area contributed by atoms with Crippen LogP contribution in [0.1, 0.15) is 5.01 Å². The average molecular weight is 258 g/mol. The summed E-state index contributed by atoms with van der Waals surface area (Å²) in [4.78, 5) is 0.954. The zero-order chi connectivity index (χ0) is 10.8. The van der Waals surface area contributed by atoms with Crippen molar-refractivity contribution in [2.24, 2.45) is 0 Å². The van der Waals surface area contributed by atoms with E-state index in [-0.39, 0.29) is 0 Å². The maximum absolute atomic E-state index is 5.83. The first-order valence-corrected chi connectivity index (χ1v) is 6.19. The summed E-state index contributed by atoms with van der Waals surface area (Å²) in [6, 6.07) is 5.44. The second-order valence-corrected chi connectivity index (χ2v) is 5.78. The van der Waals surface area contributed by atoms with Crippen LogP contribution in [-0.4, -0.2) is 10.2 Å². The number of aryl methyl sites for hydroxylation is 1. The molecule has 0 bridgehead atoms. The zero-order valence-corrected chi connectivity index (χ0v) is 10.3. The van der Waals surface area contributed by atoms with Gasteiger partial charge in [0, 0.05) is 15.6 Å². The summed E-state index contributed by atoms with van der Waals surface area (Å²) in [6.07, 6.45) is 0. The topological polar surface area (TPSA) is 51.8 Å². The van der Waals surface area contributed by atoms with E-state index >= 15 is 0 Å². The van der Waals surface area contributed by atoms with E-state index in [1.54, 1.807) is 17.4 Å². The molecule has 0 aliphatic carbocycles. The molecule has 0 unspecified atom stereocenters.